The van der Waals surface area contributed by atoms with Gasteiger partial charge in [-0.05, 0) is 30.2 Å². The van der Waals surface area contributed by atoms with E-state index in [1.165, 1.54) is 7.11 Å². The van der Waals surface area contributed by atoms with Crippen LogP contribution in [0.5, 0.6) is 0 Å². The number of nitrogens with one attached hydrogen (secondary N) is 2. The summed E-state index contributed by atoms with van der Waals surface area (Å²) in [5, 5.41) is 7.18. The quantitative estimate of drug-likeness (QED) is 0.505. The number of benzene rings is 2. The molecule has 7 nitrogen and oxygen atoms in total. The average Bonchev–Trinajstić information content (AvgIpc) is 2.75. The standard InChI is InChI=1S/C22H22Cl2N4O3/c1-12(2)19(22(30)31-3)28-20-13-7-4-5-10-16(13)26-17(27-20)11-25-21(29)18-14(23)8-6-9-15(18)24/h4-10,12,19H,11H2,1-3H3,(H,25,29)(H,26,27,28)/t19-/m0/s1. The van der Waals surface area contributed by atoms with Gasteiger partial charge in [-0.25, -0.2) is 14.8 Å². The fraction of sp³-hybridized carbons (Fsp3) is 0.273. The summed E-state index contributed by atoms with van der Waals surface area (Å²) >= 11 is 12.2. The van der Waals surface area contributed by atoms with Crippen LogP contribution in [0.3, 0.4) is 0 Å². The number of halogens is 2. The maximum Gasteiger partial charge on any atom is 0.328 e. The topological polar surface area (TPSA) is 93.2 Å². The first kappa shape index (κ1) is 22.8. The van der Waals surface area contributed by atoms with Gasteiger partial charge in [0, 0.05) is 5.39 Å². The number of nitrogens with zero attached hydrogens (tertiary/aromatic N) is 2. The molecule has 9 heteroatoms. The second-order valence-electron chi connectivity index (χ2n) is 7.17. The number of anilines is 1. The fourth-order valence-electron chi connectivity index (χ4n) is 3.05. The van der Waals surface area contributed by atoms with E-state index in [-0.39, 0.29) is 34.0 Å². The number of carbonyl (C=O) groups excluding carboxylic acids is 2. The second-order valence-corrected chi connectivity index (χ2v) is 7.99. The van der Waals surface area contributed by atoms with Gasteiger partial charge in [-0.15, -0.1) is 0 Å². The minimum atomic E-state index is -0.590. The first-order valence-electron chi connectivity index (χ1n) is 9.64. The van der Waals surface area contributed by atoms with Gasteiger partial charge in [0.15, 0.2) is 5.82 Å². The lowest BCUT2D eigenvalue weighted by Gasteiger charge is -2.21. The Morgan fingerprint density at radius 1 is 1.03 bits per heavy atom. The predicted octanol–water partition coefficient (Wildman–Crippen LogP) is 4.48. The van der Waals surface area contributed by atoms with Gasteiger partial charge in [0.2, 0.25) is 0 Å². The van der Waals surface area contributed by atoms with Crippen LogP contribution in [0.1, 0.15) is 30.0 Å². The molecule has 2 N–H and O–H groups in total. The molecule has 0 fully saturated rings. The van der Waals surface area contributed by atoms with E-state index in [1.54, 1.807) is 18.2 Å². The maximum atomic E-state index is 12.6. The van der Waals surface area contributed by atoms with Crippen molar-refractivity contribution in [2.45, 2.75) is 26.4 Å². The van der Waals surface area contributed by atoms with Crippen LogP contribution >= 0.6 is 23.2 Å². The number of amides is 1. The molecule has 0 unspecified atom stereocenters. The first-order chi connectivity index (χ1) is 14.8. The zero-order chi connectivity index (χ0) is 22.5. The van der Waals surface area contributed by atoms with E-state index in [0.717, 1.165) is 5.39 Å². The van der Waals surface area contributed by atoms with Crippen LogP contribution < -0.4 is 10.6 Å². The number of carbonyl (C=O) groups is 2. The Morgan fingerprint density at radius 3 is 2.35 bits per heavy atom. The molecule has 2 aromatic carbocycles. The van der Waals surface area contributed by atoms with Gasteiger partial charge in [0.1, 0.15) is 11.9 Å². The Morgan fingerprint density at radius 2 is 1.71 bits per heavy atom. The van der Waals surface area contributed by atoms with Crippen LogP contribution in [0, 0.1) is 5.92 Å². The van der Waals surface area contributed by atoms with E-state index in [1.807, 2.05) is 38.1 Å². The molecule has 0 aliphatic carbocycles. The Labute approximate surface area is 190 Å². The monoisotopic (exact) mass is 460 g/mol. The Bertz CT molecular complexity index is 1100. The van der Waals surface area contributed by atoms with E-state index in [0.29, 0.717) is 17.2 Å². The van der Waals surface area contributed by atoms with E-state index in [4.69, 9.17) is 27.9 Å². The average molecular weight is 461 g/mol. The molecule has 1 atom stereocenters. The highest BCUT2D eigenvalue weighted by Gasteiger charge is 2.24. The number of esters is 1. The number of hydrogen-bond acceptors (Lipinski definition) is 6. The van der Waals surface area contributed by atoms with Gasteiger partial charge in [-0.1, -0.05) is 55.2 Å². The summed E-state index contributed by atoms with van der Waals surface area (Å²) in [6.07, 6.45) is 0. The Hall–Kier alpha value is -2.90. The molecule has 1 aromatic heterocycles. The molecule has 0 saturated heterocycles. The summed E-state index contributed by atoms with van der Waals surface area (Å²) in [4.78, 5) is 33.9. The molecule has 3 rings (SSSR count). The van der Waals surface area contributed by atoms with Crippen LogP contribution in [-0.4, -0.2) is 35.0 Å². The molecule has 0 aliphatic rings. The van der Waals surface area contributed by atoms with Crippen LogP contribution in [0.4, 0.5) is 5.82 Å². The third-order valence-electron chi connectivity index (χ3n) is 4.66. The lowest BCUT2D eigenvalue weighted by molar-refractivity contribution is -0.142. The summed E-state index contributed by atoms with van der Waals surface area (Å²) in [5.74, 6) is -0.0103. The number of fused-ring (bicyclic) bond motifs is 1. The van der Waals surface area contributed by atoms with Crippen LogP contribution in [0.25, 0.3) is 10.9 Å². The smallest absolute Gasteiger partial charge is 0.328 e. The molecular weight excluding hydrogens is 439 g/mol. The van der Waals surface area contributed by atoms with Crippen LogP contribution in [0.15, 0.2) is 42.5 Å². The van der Waals surface area contributed by atoms with Gasteiger partial charge in [-0.3, -0.25) is 4.79 Å². The number of para-hydroxylation sites is 1. The van der Waals surface area contributed by atoms with Crippen molar-refractivity contribution in [3.63, 3.8) is 0 Å². The van der Waals surface area contributed by atoms with Gasteiger partial charge in [0.05, 0.1) is 34.8 Å². The molecular formula is C22H22Cl2N4O3. The summed E-state index contributed by atoms with van der Waals surface area (Å²) in [5.41, 5.74) is 0.864. The van der Waals surface area contributed by atoms with Crippen molar-refractivity contribution in [1.29, 1.82) is 0 Å². The second kappa shape index (κ2) is 9.94. The lowest BCUT2D eigenvalue weighted by Crippen LogP contribution is -2.36. The highest BCUT2D eigenvalue weighted by atomic mass is 35.5. The zero-order valence-corrected chi connectivity index (χ0v) is 18.8. The van der Waals surface area contributed by atoms with Crippen LogP contribution in [-0.2, 0) is 16.1 Å². The van der Waals surface area contributed by atoms with E-state index in [2.05, 4.69) is 20.6 Å². The SMILES string of the molecule is COC(=O)[C@@H](Nc1nc(CNC(=O)c2c(Cl)cccc2Cl)nc2ccccc12)C(C)C. The first-order valence-corrected chi connectivity index (χ1v) is 10.4. The van der Waals surface area contributed by atoms with E-state index < -0.39 is 11.9 Å². The van der Waals surface area contributed by atoms with Crippen molar-refractivity contribution in [3.8, 4) is 0 Å². The minimum absolute atomic E-state index is 0.0355. The largest absolute Gasteiger partial charge is 0.467 e. The normalized spacial score (nSPS) is 11.9. The van der Waals surface area contributed by atoms with Crippen molar-refractivity contribution in [1.82, 2.24) is 15.3 Å². The van der Waals surface area contributed by atoms with Crippen molar-refractivity contribution < 1.29 is 14.3 Å². The molecule has 0 aliphatic heterocycles. The van der Waals surface area contributed by atoms with Crippen molar-refractivity contribution in [3.05, 3.63) is 63.9 Å². The molecule has 0 radical (unpaired) electrons. The van der Waals surface area contributed by atoms with Gasteiger partial charge in [0.25, 0.3) is 5.91 Å². The van der Waals surface area contributed by atoms with E-state index in [9.17, 15) is 9.59 Å². The summed E-state index contributed by atoms with van der Waals surface area (Å²) in [7, 11) is 1.35. The number of methoxy groups -OCH3 is 1. The number of aromatic nitrogens is 2. The third-order valence-corrected chi connectivity index (χ3v) is 5.29. The molecule has 1 heterocycles. The third kappa shape index (κ3) is 5.24. The van der Waals surface area contributed by atoms with E-state index >= 15 is 0 Å². The minimum Gasteiger partial charge on any atom is -0.467 e. The molecule has 31 heavy (non-hydrogen) atoms. The lowest BCUT2D eigenvalue weighted by atomic mass is 10.0. The van der Waals surface area contributed by atoms with Crippen LogP contribution in [0.2, 0.25) is 10.0 Å². The fourth-order valence-corrected chi connectivity index (χ4v) is 3.62. The van der Waals surface area contributed by atoms with Crippen molar-refractivity contribution in [2.75, 3.05) is 12.4 Å². The van der Waals surface area contributed by atoms with Crippen molar-refractivity contribution >= 4 is 51.8 Å². The Balaban J connectivity index is 1.90. The Kier molecular flexibility index (Phi) is 7.30. The molecule has 3 aromatic rings. The highest BCUT2D eigenvalue weighted by Crippen LogP contribution is 2.25. The molecule has 162 valence electrons. The molecule has 0 bridgehead atoms. The molecule has 0 spiro atoms. The molecule has 1 amide bonds. The summed E-state index contributed by atoms with van der Waals surface area (Å²) in [6, 6.07) is 11.7. The molecule has 0 saturated carbocycles. The summed E-state index contributed by atoms with van der Waals surface area (Å²) in [6.45, 7) is 3.86. The van der Waals surface area contributed by atoms with Gasteiger partial charge in [-0.2, -0.15) is 0 Å². The zero-order valence-electron chi connectivity index (χ0n) is 17.3. The maximum absolute atomic E-state index is 12.6. The number of ether oxygens (including phenoxy) is 1. The predicted molar refractivity (Wildman–Crippen MR) is 121 cm³/mol. The number of rotatable bonds is 7. The highest BCUT2D eigenvalue weighted by molar-refractivity contribution is 6.39. The summed E-state index contributed by atoms with van der Waals surface area (Å²) < 4.78 is 4.91. The number of hydrogen-bond donors (Lipinski definition) is 2. The van der Waals surface area contributed by atoms with Crippen molar-refractivity contribution in [2.24, 2.45) is 5.92 Å². The van der Waals surface area contributed by atoms with Gasteiger partial charge < -0.3 is 15.4 Å². The van der Waals surface area contributed by atoms with Gasteiger partial charge >= 0.3 is 5.97 Å².